The highest BCUT2D eigenvalue weighted by Crippen LogP contribution is 2.19. The standard InChI is InChI=1S/C15H12Cl2N2O2S/c16-10-5-7-11(8-6-10)22-9-14(20)18-19-15(21)12-3-1-2-4-13(12)17/h1-8H,9H2,(H,18,20)(H,19,21). The molecule has 0 radical (unpaired) electrons. The van der Waals surface area contributed by atoms with Crippen LogP contribution in [0.2, 0.25) is 10.0 Å². The molecule has 0 aromatic heterocycles. The quantitative estimate of drug-likeness (QED) is 0.652. The van der Waals surface area contributed by atoms with E-state index in [2.05, 4.69) is 10.9 Å². The molecule has 2 amide bonds. The molecule has 2 rings (SSSR count). The summed E-state index contributed by atoms with van der Waals surface area (Å²) in [5.74, 6) is -0.611. The number of carbonyl (C=O) groups is 2. The lowest BCUT2D eigenvalue weighted by Crippen LogP contribution is -2.42. The number of benzene rings is 2. The molecule has 0 heterocycles. The summed E-state index contributed by atoms with van der Waals surface area (Å²) in [5.41, 5.74) is 4.97. The molecule has 0 saturated heterocycles. The van der Waals surface area contributed by atoms with E-state index in [1.54, 1.807) is 36.4 Å². The van der Waals surface area contributed by atoms with Crippen LogP contribution in [-0.4, -0.2) is 17.6 Å². The Labute approximate surface area is 142 Å². The van der Waals surface area contributed by atoms with Crippen molar-refractivity contribution in [2.75, 3.05) is 5.75 Å². The van der Waals surface area contributed by atoms with Gasteiger partial charge < -0.3 is 0 Å². The molecule has 0 spiro atoms. The van der Waals surface area contributed by atoms with Gasteiger partial charge in [0, 0.05) is 9.92 Å². The highest BCUT2D eigenvalue weighted by atomic mass is 35.5. The summed E-state index contributed by atoms with van der Waals surface area (Å²) in [7, 11) is 0. The van der Waals surface area contributed by atoms with Crippen molar-refractivity contribution in [1.29, 1.82) is 0 Å². The van der Waals surface area contributed by atoms with Gasteiger partial charge in [-0.1, -0.05) is 35.3 Å². The molecule has 0 aliphatic heterocycles. The predicted octanol–water partition coefficient (Wildman–Crippen LogP) is 3.55. The van der Waals surface area contributed by atoms with E-state index in [4.69, 9.17) is 23.2 Å². The second-order valence-electron chi connectivity index (χ2n) is 4.22. The van der Waals surface area contributed by atoms with E-state index >= 15 is 0 Å². The van der Waals surface area contributed by atoms with E-state index in [1.807, 2.05) is 12.1 Å². The molecular weight excluding hydrogens is 343 g/mol. The zero-order valence-corrected chi connectivity index (χ0v) is 13.6. The minimum Gasteiger partial charge on any atom is -0.272 e. The van der Waals surface area contributed by atoms with E-state index in [-0.39, 0.29) is 11.7 Å². The predicted molar refractivity (Wildman–Crippen MR) is 89.2 cm³/mol. The lowest BCUT2D eigenvalue weighted by atomic mass is 10.2. The van der Waals surface area contributed by atoms with Crippen LogP contribution in [0, 0.1) is 0 Å². The Morgan fingerprint density at radius 2 is 1.64 bits per heavy atom. The number of hydrogen-bond donors (Lipinski definition) is 2. The van der Waals surface area contributed by atoms with Crippen molar-refractivity contribution >= 4 is 46.8 Å². The lowest BCUT2D eigenvalue weighted by Gasteiger charge is -2.08. The Hall–Kier alpha value is -1.69. The highest BCUT2D eigenvalue weighted by molar-refractivity contribution is 8.00. The number of hydrazine groups is 1. The minimum atomic E-state index is -0.463. The van der Waals surface area contributed by atoms with E-state index in [9.17, 15) is 9.59 Å². The summed E-state index contributed by atoms with van der Waals surface area (Å²) in [4.78, 5) is 24.5. The molecule has 0 unspecified atom stereocenters. The Kier molecular flexibility index (Phi) is 6.12. The topological polar surface area (TPSA) is 58.2 Å². The third kappa shape index (κ3) is 4.94. The summed E-state index contributed by atoms with van der Waals surface area (Å²) in [6, 6.07) is 13.7. The van der Waals surface area contributed by atoms with Gasteiger partial charge in [-0.2, -0.15) is 0 Å². The number of halogens is 2. The highest BCUT2D eigenvalue weighted by Gasteiger charge is 2.10. The smallest absolute Gasteiger partial charge is 0.271 e. The van der Waals surface area contributed by atoms with Gasteiger partial charge in [-0.25, -0.2) is 0 Å². The molecule has 2 aromatic carbocycles. The third-order valence-corrected chi connectivity index (χ3v) is 4.21. The average Bonchev–Trinajstić information content (AvgIpc) is 2.52. The SMILES string of the molecule is O=C(CSc1ccc(Cl)cc1)NNC(=O)c1ccccc1Cl. The molecule has 0 fully saturated rings. The summed E-state index contributed by atoms with van der Waals surface area (Å²) in [6.45, 7) is 0. The van der Waals surface area contributed by atoms with Gasteiger partial charge in [0.05, 0.1) is 16.3 Å². The molecule has 0 bridgehead atoms. The fourth-order valence-corrected chi connectivity index (χ4v) is 2.60. The number of nitrogens with one attached hydrogen (secondary N) is 2. The van der Waals surface area contributed by atoms with Gasteiger partial charge in [0.25, 0.3) is 5.91 Å². The molecule has 0 aliphatic rings. The molecule has 0 aliphatic carbocycles. The van der Waals surface area contributed by atoms with Gasteiger partial charge in [0.1, 0.15) is 0 Å². The minimum absolute atomic E-state index is 0.171. The summed E-state index contributed by atoms with van der Waals surface area (Å²) in [5, 5.41) is 0.964. The number of thioether (sulfide) groups is 1. The monoisotopic (exact) mass is 354 g/mol. The molecule has 0 atom stereocenters. The molecular formula is C15H12Cl2N2O2S. The fourth-order valence-electron chi connectivity index (χ4n) is 1.55. The van der Waals surface area contributed by atoms with Gasteiger partial charge in [0.2, 0.25) is 5.91 Å². The van der Waals surface area contributed by atoms with Crippen molar-refractivity contribution in [2.24, 2.45) is 0 Å². The Balaban J connectivity index is 1.79. The molecule has 22 heavy (non-hydrogen) atoms. The maximum absolute atomic E-state index is 11.8. The number of amides is 2. The van der Waals surface area contributed by atoms with Crippen LogP contribution in [-0.2, 0) is 4.79 Å². The van der Waals surface area contributed by atoms with Crippen LogP contribution in [0.15, 0.2) is 53.4 Å². The summed E-state index contributed by atoms with van der Waals surface area (Å²) < 4.78 is 0. The summed E-state index contributed by atoms with van der Waals surface area (Å²) in [6.07, 6.45) is 0. The Morgan fingerprint density at radius 3 is 2.32 bits per heavy atom. The van der Waals surface area contributed by atoms with Crippen molar-refractivity contribution in [2.45, 2.75) is 4.90 Å². The fraction of sp³-hybridized carbons (Fsp3) is 0.0667. The number of carbonyl (C=O) groups excluding carboxylic acids is 2. The Morgan fingerprint density at radius 1 is 0.955 bits per heavy atom. The third-order valence-electron chi connectivity index (χ3n) is 2.62. The normalized spacial score (nSPS) is 10.1. The largest absolute Gasteiger partial charge is 0.272 e. The second kappa shape index (κ2) is 8.08. The molecule has 7 heteroatoms. The Bertz CT molecular complexity index is 677. The van der Waals surface area contributed by atoms with Crippen molar-refractivity contribution in [3.63, 3.8) is 0 Å². The molecule has 2 aromatic rings. The van der Waals surface area contributed by atoms with E-state index < -0.39 is 5.91 Å². The number of hydrogen-bond acceptors (Lipinski definition) is 3. The molecule has 114 valence electrons. The first-order valence-electron chi connectivity index (χ1n) is 6.28. The maximum atomic E-state index is 11.8. The van der Waals surface area contributed by atoms with Crippen LogP contribution < -0.4 is 10.9 Å². The van der Waals surface area contributed by atoms with Crippen molar-refractivity contribution in [3.05, 3.63) is 64.1 Å². The maximum Gasteiger partial charge on any atom is 0.271 e. The van der Waals surface area contributed by atoms with Crippen LogP contribution >= 0.6 is 35.0 Å². The first-order chi connectivity index (χ1) is 10.6. The lowest BCUT2D eigenvalue weighted by molar-refractivity contribution is -0.119. The molecule has 2 N–H and O–H groups in total. The van der Waals surface area contributed by atoms with E-state index in [0.29, 0.717) is 15.6 Å². The van der Waals surface area contributed by atoms with E-state index in [1.165, 1.54) is 11.8 Å². The van der Waals surface area contributed by atoms with Gasteiger partial charge in [-0.15, -0.1) is 11.8 Å². The van der Waals surface area contributed by atoms with Gasteiger partial charge >= 0.3 is 0 Å². The van der Waals surface area contributed by atoms with Gasteiger partial charge in [0.15, 0.2) is 0 Å². The van der Waals surface area contributed by atoms with Crippen molar-refractivity contribution in [3.8, 4) is 0 Å². The van der Waals surface area contributed by atoms with E-state index in [0.717, 1.165) is 4.90 Å². The zero-order chi connectivity index (χ0) is 15.9. The van der Waals surface area contributed by atoms with Crippen molar-refractivity contribution in [1.82, 2.24) is 10.9 Å². The molecule has 0 saturated carbocycles. The summed E-state index contributed by atoms with van der Waals surface area (Å²) >= 11 is 13.0. The van der Waals surface area contributed by atoms with Crippen LogP contribution in [0.25, 0.3) is 0 Å². The number of rotatable bonds is 4. The molecule has 4 nitrogen and oxygen atoms in total. The second-order valence-corrected chi connectivity index (χ2v) is 6.12. The van der Waals surface area contributed by atoms with Crippen LogP contribution in [0.5, 0.6) is 0 Å². The zero-order valence-electron chi connectivity index (χ0n) is 11.3. The van der Waals surface area contributed by atoms with Gasteiger partial charge in [-0.3, -0.25) is 20.4 Å². The van der Waals surface area contributed by atoms with Gasteiger partial charge in [-0.05, 0) is 36.4 Å². The first kappa shape index (κ1) is 16.7. The first-order valence-corrected chi connectivity index (χ1v) is 8.02. The van der Waals surface area contributed by atoms with Crippen molar-refractivity contribution < 1.29 is 9.59 Å². The average molecular weight is 355 g/mol. The van der Waals surface area contributed by atoms with Crippen LogP contribution in [0.3, 0.4) is 0 Å². The van der Waals surface area contributed by atoms with Crippen LogP contribution in [0.1, 0.15) is 10.4 Å². The van der Waals surface area contributed by atoms with Crippen LogP contribution in [0.4, 0.5) is 0 Å².